The number of ether oxygens (including phenoxy) is 1. The van der Waals surface area contributed by atoms with Gasteiger partial charge in [0.1, 0.15) is 5.75 Å². The average molecular weight is 343 g/mol. The van der Waals surface area contributed by atoms with Crippen LogP contribution in [-0.2, 0) is 0 Å². The predicted molar refractivity (Wildman–Crippen MR) is 98.9 cm³/mol. The van der Waals surface area contributed by atoms with Crippen molar-refractivity contribution in [3.63, 3.8) is 0 Å². The Morgan fingerprint density at radius 2 is 2.08 bits per heavy atom. The number of nitrogen functional groups attached to an aromatic ring is 1. The fourth-order valence-corrected chi connectivity index (χ4v) is 3.65. The number of carbonyl (C=O) groups is 1. The van der Waals surface area contributed by atoms with Crippen molar-refractivity contribution < 1.29 is 9.53 Å². The summed E-state index contributed by atoms with van der Waals surface area (Å²) in [5, 5.41) is 0. The summed E-state index contributed by atoms with van der Waals surface area (Å²) in [5.74, 6) is 1.58. The maximum Gasteiger partial charge on any atom is 0.415 e. The maximum absolute atomic E-state index is 12.1. The molecule has 0 aromatic heterocycles. The van der Waals surface area contributed by atoms with Gasteiger partial charge in [-0.15, -0.1) is 11.8 Å². The van der Waals surface area contributed by atoms with Crippen molar-refractivity contribution in [2.45, 2.75) is 4.90 Å². The SMILES string of the molecule is CN(CCN1CCSc2cc(N)ccc21)C(=O)Oc1ccccc1. The van der Waals surface area contributed by atoms with Crippen molar-refractivity contribution >= 4 is 29.2 Å². The standard InChI is InChI=1S/C18H21N3O2S/c1-20(18(22)23-15-5-3-2-4-6-15)9-10-21-11-12-24-17-13-14(19)7-8-16(17)21/h2-8,13H,9-12,19H2,1H3. The van der Waals surface area contributed by atoms with Crippen molar-refractivity contribution in [2.75, 3.05) is 43.1 Å². The topological polar surface area (TPSA) is 58.8 Å². The van der Waals surface area contributed by atoms with Gasteiger partial charge in [0, 0.05) is 43.0 Å². The van der Waals surface area contributed by atoms with Crippen LogP contribution in [0.15, 0.2) is 53.4 Å². The lowest BCUT2D eigenvalue weighted by Gasteiger charge is -2.32. The Labute approximate surface area is 146 Å². The molecule has 5 nitrogen and oxygen atoms in total. The van der Waals surface area contributed by atoms with E-state index in [9.17, 15) is 4.79 Å². The third kappa shape index (κ3) is 3.94. The minimum Gasteiger partial charge on any atom is -0.410 e. The molecule has 126 valence electrons. The number of para-hydroxylation sites is 1. The van der Waals surface area contributed by atoms with Crippen molar-refractivity contribution in [3.05, 3.63) is 48.5 Å². The van der Waals surface area contributed by atoms with Gasteiger partial charge in [-0.3, -0.25) is 0 Å². The minimum atomic E-state index is -0.342. The molecule has 0 saturated carbocycles. The molecule has 3 rings (SSSR count). The van der Waals surface area contributed by atoms with Crippen molar-refractivity contribution in [1.29, 1.82) is 0 Å². The van der Waals surface area contributed by atoms with Gasteiger partial charge in [-0.05, 0) is 30.3 Å². The van der Waals surface area contributed by atoms with Crippen LogP contribution >= 0.6 is 11.8 Å². The fourth-order valence-electron chi connectivity index (χ4n) is 2.56. The first-order valence-corrected chi connectivity index (χ1v) is 8.87. The molecule has 1 amide bonds. The monoisotopic (exact) mass is 343 g/mol. The van der Waals surface area contributed by atoms with Gasteiger partial charge in [0.05, 0.1) is 5.69 Å². The summed E-state index contributed by atoms with van der Waals surface area (Å²) in [6.07, 6.45) is -0.342. The molecule has 2 aromatic rings. The first-order chi connectivity index (χ1) is 11.6. The number of amides is 1. The van der Waals surface area contributed by atoms with E-state index in [1.54, 1.807) is 24.1 Å². The van der Waals surface area contributed by atoms with E-state index in [1.807, 2.05) is 42.1 Å². The van der Waals surface area contributed by atoms with Crippen molar-refractivity contribution in [3.8, 4) is 5.75 Å². The number of likely N-dealkylation sites (N-methyl/N-ethyl adjacent to an activating group) is 1. The fraction of sp³-hybridized carbons (Fsp3) is 0.278. The number of rotatable bonds is 4. The van der Waals surface area contributed by atoms with Crippen LogP contribution in [0.3, 0.4) is 0 Å². The van der Waals surface area contributed by atoms with Crippen molar-refractivity contribution in [2.24, 2.45) is 0 Å². The van der Waals surface area contributed by atoms with Gasteiger partial charge in [-0.1, -0.05) is 18.2 Å². The lowest BCUT2D eigenvalue weighted by molar-refractivity contribution is 0.164. The molecule has 2 N–H and O–H groups in total. The molecule has 0 saturated heterocycles. The van der Waals surface area contributed by atoms with E-state index < -0.39 is 0 Å². The normalized spacial score (nSPS) is 13.3. The predicted octanol–water partition coefficient (Wildman–Crippen LogP) is 3.31. The lowest BCUT2D eigenvalue weighted by atomic mass is 10.2. The van der Waals surface area contributed by atoms with Gasteiger partial charge in [0.15, 0.2) is 0 Å². The summed E-state index contributed by atoms with van der Waals surface area (Å²) in [4.78, 5) is 17.2. The van der Waals surface area contributed by atoms with Gasteiger partial charge in [0.25, 0.3) is 0 Å². The molecule has 6 heteroatoms. The molecule has 1 aliphatic heterocycles. The number of nitrogens with two attached hydrogens (primary N) is 1. The molecular formula is C18H21N3O2S. The van der Waals surface area contributed by atoms with E-state index in [4.69, 9.17) is 10.5 Å². The van der Waals surface area contributed by atoms with Gasteiger partial charge in [0.2, 0.25) is 0 Å². The minimum absolute atomic E-state index is 0.342. The molecule has 0 unspecified atom stereocenters. The molecule has 2 aromatic carbocycles. The first kappa shape index (κ1) is 16.5. The molecule has 0 aliphatic carbocycles. The second-order valence-electron chi connectivity index (χ2n) is 5.67. The van der Waals surface area contributed by atoms with Crippen LogP contribution in [0.2, 0.25) is 0 Å². The molecule has 0 atom stereocenters. The van der Waals surface area contributed by atoms with Crippen LogP contribution in [0, 0.1) is 0 Å². The molecule has 0 fully saturated rings. The van der Waals surface area contributed by atoms with E-state index in [0.717, 1.165) is 24.5 Å². The number of anilines is 2. The zero-order valence-electron chi connectivity index (χ0n) is 13.6. The highest BCUT2D eigenvalue weighted by atomic mass is 32.2. The van der Waals surface area contributed by atoms with Gasteiger partial charge >= 0.3 is 6.09 Å². The summed E-state index contributed by atoms with van der Waals surface area (Å²) in [6.45, 7) is 2.32. The summed E-state index contributed by atoms with van der Waals surface area (Å²) < 4.78 is 5.35. The second-order valence-corrected chi connectivity index (χ2v) is 6.80. The molecule has 0 spiro atoms. The summed E-state index contributed by atoms with van der Waals surface area (Å²) >= 11 is 1.82. The van der Waals surface area contributed by atoms with E-state index in [1.165, 1.54) is 10.6 Å². The highest BCUT2D eigenvalue weighted by Crippen LogP contribution is 2.35. The smallest absolute Gasteiger partial charge is 0.410 e. The second kappa shape index (κ2) is 7.49. The molecule has 24 heavy (non-hydrogen) atoms. The Balaban J connectivity index is 1.57. The Hall–Kier alpha value is -2.34. The Morgan fingerprint density at radius 1 is 1.29 bits per heavy atom. The number of hydrogen-bond acceptors (Lipinski definition) is 5. The van der Waals surface area contributed by atoms with E-state index >= 15 is 0 Å². The molecule has 1 heterocycles. The van der Waals surface area contributed by atoms with E-state index in [-0.39, 0.29) is 6.09 Å². The van der Waals surface area contributed by atoms with Crippen LogP contribution in [0.25, 0.3) is 0 Å². The Morgan fingerprint density at radius 3 is 2.88 bits per heavy atom. The van der Waals surface area contributed by atoms with Crippen molar-refractivity contribution in [1.82, 2.24) is 4.90 Å². The Bertz CT molecular complexity index is 709. The Kier molecular flexibility index (Phi) is 5.15. The van der Waals surface area contributed by atoms with Gasteiger partial charge < -0.3 is 20.3 Å². The lowest BCUT2D eigenvalue weighted by Crippen LogP contribution is -2.39. The third-order valence-electron chi connectivity index (χ3n) is 3.91. The number of hydrogen-bond donors (Lipinski definition) is 1. The maximum atomic E-state index is 12.1. The van der Waals surface area contributed by atoms with Gasteiger partial charge in [-0.25, -0.2) is 4.79 Å². The number of benzene rings is 2. The summed E-state index contributed by atoms with van der Waals surface area (Å²) in [6, 6.07) is 15.1. The van der Waals surface area contributed by atoms with E-state index in [0.29, 0.717) is 12.3 Å². The van der Waals surface area contributed by atoms with Crippen LogP contribution < -0.4 is 15.4 Å². The van der Waals surface area contributed by atoms with Gasteiger partial charge in [-0.2, -0.15) is 0 Å². The number of nitrogens with zero attached hydrogens (tertiary/aromatic N) is 2. The zero-order chi connectivity index (χ0) is 16.9. The highest BCUT2D eigenvalue weighted by Gasteiger charge is 2.19. The quantitative estimate of drug-likeness (QED) is 0.863. The van der Waals surface area contributed by atoms with Crippen LogP contribution in [0.5, 0.6) is 5.75 Å². The van der Waals surface area contributed by atoms with E-state index in [2.05, 4.69) is 11.0 Å². The molecular weight excluding hydrogens is 322 g/mol. The van der Waals surface area contributed by atoms with Crippen LogP contribution in [-0.4, -0.2) is 43.4 Å². The zero-order valence-corrected chi connectivity index (χ0v) is 14.5. The molecule has 0 radical (unpaired) electrons. The third-order valence-corrected chi connectivity index (χ3v) is 4.93. The summed E-state index contributed by atoms with van der Waals surface area (Å²) in [5.41, 5.74) is 7.83. The van der Waals surface area contributed by atoms with Crippen LogP contribution in [0.4, 0.5) is 16.2 Å². The number of thioether (sulfide) groups is 1. The average Bonchev–Trinajstić information content (AvgIpc) is 2.60. The number of carbonyl (C=O) groups excluding carboxylic acids is 1. The molecule has 1 aliphatic rings. The molecule has 0 bridgehead atoms. The first-order valence-electron chi connectivity index (χ1n) is 7.89. The van der Waals surface area contributed by atoms with Crippen LogP contribution in [0.1, 0.15) is 0 Å². The largest absolute Gasteiger partial charge is 0.415 e. The number of fused-ring (bicyclic) bond motifs is 1. The highest BCUT2D eigenvalue weighted by molar-refractivity contribution is 7.99. The summed E-state index contributed by atoms with van der Waals surface area (Å²) in [7, 11) is 1.76.